The van der Waals surface area contributed by atoms with Crippen molar-refractivity contribution < 1.29 is 14.2 Å². The summed E-state index contributed by atoms with van der Waals surface area (Å²) < 4.78 is 17.1. The monoisotopic (exact) mass is 322 g/mol. The van der Waals surface area contributed by atoms with Gasteiger partial charge in [0.05, 0.1) is 25.9 Å². The summed E-state index contributed by atoms with van der Waals surface area (Å²) in [6, 6.07) is 6.29. The average molecular weight is 322 g/mol. The van der Waals surface area contributed by atoms with Crippen LogP contribution in [0, 0.1) is 0 Å². The van der Waals surface area contributed by atoms with Crippen molar-refractivity contribution in [3.05, 3.63) is 23.8 Å². The van der Waals surface area contributed by atoms with E-state index in [4.69, 9.17) is 19.9 Å². The normalized spacial score (nSPS) is 23.5. The number of ether oxygens (including phenoxy) is 3. The molecule has 3 unspecified atom stereocenters. The first-order valence-electron chi connectivity index (χ1n) is 8.49. The molecule has 5 heteroatoms. The maximum absolute atomic E-state index is 6.08. The zero-order chi connectivity index (χ0) is 16.8. The number of benzene rings is 1. The Balaban J connectivity index is 2.20. The van der Waals surface area contributed by atoms with Crippen LogP contribution in [0.2, 0.25) is 0 Å². The third-order valence-corrected chi connectivity index (χ3v) is 4.15. The Morgan fingerprint density at radius 3 is 2.52 bits per heavy atom. The first-order valence-corrected chi connectivity index (χ1v) is 8.49. The fourth-order valence-corrected chi connectivity index (χ4v) is 3.19. The molecule has 0 saturated carbocycles. The van der Waals surface area contributed by atoms with E-state index >= 15 is 0 Å². The summed E-state index contributed by atoms with van der Waals surface area (Å²) in [5, 5.41) is 0. The van der Waals surface area contributed by atoms with Crippen LogP contribution in [0.25, 0.3) is 0 Å². The largest absolute Gasteiger partial charge is 0.493 e. The van der Waals surface area contributed by atoms with Gasteiger partial charge in [-0.25, -0.2) is 0 Å². The number of hydrogen-bond acceptors (Lipinski definition) is 5. The van der Waals surface area contributed by atoms with Crippen LogP contribution in [-0.4, -0.2) is 50.5 Å². The fraction of sp³-hybridized carbons (Fsp3) is 0.667. The highest BCUT2D eigenvalue weighted by Crippen LogP contribution is 2.33. The van der Waals surface area contributed by atoms with Gasteiger partial charge in [0.15, 0.2) is 11.5 Å². The van der Waals surface area contributed by atoms with Gasteiger partial charge in [-0.1, -0.05) is 13.0 Å². The lowest BCUT2D eigenvalue weighted by molar-refractivity contribution is -0.0799. The number of nitrogens with two attached hydrogens (primary N) is 1. The van der Waals surface area contributed by atoms with Gasteiger partial charge >= 0.3 is 0 Å². The first-order chi connectivity index (χ1) is 11.1. The molecule has 1 aromatic rings. The second-order valence-corrected chi connectivity index (χ2v) is 6.22. The summed E-state index contributed by atoms with van der Waals surface area (Å²) >= 11 is 0. The van der Waals surface area contributed by atoms with Crippen molar-refractivity contribution >= 4 is 0 Å². The standard InChI is InChI=1S/C18H30N2O3/c1-5-8-22-17-7-6-15(9-18(17)21-4)16(10-19)20-11-13(2)23-14(3)12-20/h6-7,9,13-14,16H,5,8,10-12,19H2,1-4H3. The molecule has 0 bridgehead atoms. The number of methoxy groups -OCH3 is 1. The van der Waals surface area contributed by atoms with E-state index in [1.165, 1.54) is 0 Å². The molecule has 2 N–H and O–H groups in total. The summed E-state index contributed by atoms with van der Waals surface area (Å²) in [6.07, 6.45) is 1.42. The molecule has 1 saturated heterocycles. The van der Waals surface area contributed by atoms with Crippen molar-refractivity contribution in [2.75, 3.05) is 33.4 Å². The molecule has 1 heterocycles. The highest BCUT2D eigenvalue weighted by molar-refractivity contribution is 5.44. The third-order valence-electron chi connectivity index (χ3n) is 4.15. The van der Waals surface area contributed by atoms with Gasteiger partial charge in [-0.05, 0) is 38.0 Å². The fourth-order valence-electron chi connectivity index (χ4n) is 3.19. The summed E-state index contributed by atoms with van der Waals surface area (Å²) in [5.41, 5.74) is 7.24. The van der Waals surface area contributed by atoms with Gasteiger partial charge in [-0.2, -0.15) is 0 Å². The van der Waals surface area contributed by atoms with Crippen molar-refractivity contribution in [3.63, 3.8) is 0 Å². The molecule has 130 valence electrons. The highest BCUT2D eigenvalue weighted by atomic mass is 16.5. The summed E-state index contributed by atoms with van der Waals surface area (Å²) in [5.74, 6) is 1.56. The Kier molecular flexibility index (Phi) is 6.69. The Morgan fingerprint density at radius 2 is 1.96 bits per heavy atom. The zero-order valence-electron chi connectivity index (χ0n) is 14.7. The summed E-state index contributed by atoms with van der Waals surface area (Å²) in [4.78, 5) is 2.40. The molecule has 1 aliphatic heterocycles. The highest BCUT2D eigenvalue weighted by Gasteiger charge is 2.28. The van der Waals surface area contributed by atoms with E-state index in [1.54, 1.807) is 7.11 Å². The SMILES string of the molecule is CCCOc1ccc(C(CN)N2CC(C)OC(C)C2)cc1OC. The van der Waals surface area contributed by atoms with Crippen LogP contribution in [0.15, 0.2) is 18.2 Å². The van der Waals surface area contributed by atoms with Gasteiger partial charge in [0.2, 0.25) is 0 Å². The maximum Gasteiger partial charge on any atom is 0.161 e. The maximum atomic E-state index is 6.08. The van der Waals surface area contributed by atoms with Gasteiger partial charge in [0, 0.05) is 25.7 Å². The molecule has 1 aromatic carbocycles. The van der Waals surface area contributed by atoms with E-state index in [1.807, 2.05) is 12.1 Å². The molecule has 0 aliphatic carbocycles. The smallest absolute Gasteiger partial charge is 0.161 e. The van der Waals surface area contributed by atoms with Crippen LogP contribution in [0.1, 0.15) is 38.8 Å². The van der Waals surface area contributed by atoms with Crippen molar-refractivity contribution in [1.82, 2.24) is 4.90 Å². The van der Waals surface area contributed by atoms with E-state index < -0.39 is 0 Å². The molecule has 1 aliphatic rings. The van der Waals surface area contributed by atoms with E-state index in [2.05, 4.69) is 31.7 Å². The minimum atomic E-state index is 0.165. The van der Waals surface area contributed by atoms with Crippen molar-refractivity contribution in [1.29, 1.82) is 0 Å². The van der Waals surface area contributed by atoms with Gasteiger partial charge in [0.25, 0.3) is 0 Å². The molecule has 0 radical (unpaired) electrons. The number of rotatable bonds is 7. The molecule has 5 nitrogen and oxygen atoms in total. The molecule has 0 aromatic heterocycles. The molecule has 3 atom stereocenters. The van der Waals surface area contributed by atoms with E-state index in [9.17, 15) is 0 Å². The van der Waals surface area contributed by atoms with Gasteiger partial charge in [0.1, 0.15) is 0 Å². The lowest BCUT2D eigenvalue weighted by atomic mass is 10.0. The van der Waals surface area contributed by atoms with Crippen LogP contribution in [-0.2, 0) is 4.74 Å². The van der Waals surface area contributed by atoms with Gasteiger partial charge < -0.3 is 19.9 Å². The minimum Gasteiger partial charge on any atom is -0.493 e. The predicted molar refractivity (Wildman–Crippen MR) is 92.2 cm³/mol. The van der Waals surface area contributed by atoms with E-state index in [0.717, 1.165) is 36.6 Å². The Bertz CT molecular complexity index is 485. The van der Waals surface area contributed by atoms with Crippen molar-refractivity contribution in [3.8, 4) is 11.5 Å². The molecular formula is C18H30N2O3. The second-order valence-electron chi connectivity index (χ2n) is 6.22. The molecule has 23 heavy (non-hydrogen) atoms. The van der Waals surface area contributed by atoms with Crippen LogP contribution in [0.4, 0.5) is 0 Å². The topological polar surface area (TPSA) is 57.0 Å². The molecule has 0 amide bonds. The second kappa shape index (κ2) is 8.52. The first kappa shape index (κ1) is 18.0. The van der Waals surface area contributed by atoms with Gasteiger partial charge in [-0.15, -0.1) is 0 Å². The number of morpholine rings is 1. The molecule has 2 rings (SSSR count). The van der Waals surface area contributed by atoms with Gasteiger partial charge in [-0.3, -0.25) is 4.90 Å². The average Bonchev–Trinajstić information content (AvgIpc) is 2.53. The Labute approximate surface area is 139 Å². The minimum absolute atomic E-state index is 0.165. The van der Waals surface area contributed by atoms with Crippen LogP contribution >= 0.6 is 0 Å². The Hall–Kier alpha value is -1.30. The summed E-state index contributed by atoms with van der Waals surface area (Å²) in [7, 11) is 1.67. The van der Waals surface area contributed by atoms with Crippen molar-refractivity contribution in [2.24, 2.45) is 5.73 Å². The molecule has 1 fully saturated rings. The number of hydrogen-bond donors (Lipinski definition) is 1. The van der Waals surface area contributed by atoms with Crippen molar-refractivity contribution in [2.45, 2.75) is 45.4 Å². The number of nitrogens with zero attached hydrogens (tertiary/aromatic N) is 1. The zero-order valence-corrected chi connectivity index (χ0v) is 14.7. The van der Waals surface area contributed by atoms with Crippen LogP contribution in [0.5, 0.6) is 11.5 Å². The predicted octanol–water partition coefficient (Wildman–Crippen LogP) is 2.59. The quantitative estimate of drug-likeness (QED) is 0.836. The van der Waals surface area contributed by atoms with E-state index in [0.29, 0.717) is 13.2 Å². The molecular weight excluding hydrogens is 292 g/mol. The summed E-state index contributed by atoms with van der Waals surface area (Å²) in [6.45, 7) is 9.35. The lowest BCUT2D eigenvalue weighted by Crippen LogP contribution is -2.48. The Morgan fingerprint density at radius 1 is 1.26 bits per heavy atom. The molecule has 0 spiro atoms. The van der Waals surface area contributed by atoms with Crippen LogP contribution in [0.3, 0.4) is 0 Å². The third kappa shape index (κ3) is 4.59. The van der Waals surface area contributed by atoms with E-state index in [-0.39, 0.29) is 18.2 Å². The van der Waals surface area contributed by atoms with Crippen LogP contribution < -0.4 is 15.2 Å². The lowest BCUT2D eigenvalue weighted by Gasteiger charge is -2.40.